The Bertz CT molecular complexity index is 598. The molecule has 0 bridgehead atoms. The first-order valence-corrected chi connectivity index (χ1v) is 7.73. The molecule has 0 fully saturated rings. The molecule has 0 radical (unpaired) electrons. The van der Waals surface area contributed by atoms with Crippen molar-refractivity contribution < 1.29 is 9.53 Å². The van der Waals surface area contributed by atoms with E-state index >= 15 is 0 Å². The highest BCUT2D eigenvalue weighted by atomic mass is 32.1. The average molecular weight is 305 g/mol. The van der Waals surface area contributed by atoms with Crippen LogP contribution in [0.25, 0.3) is 0 Å². The van der Waals surface area contributed by atoms with E-state index in [1.807, 2.05) is 31.2 Å². The summed E-state index contributed by atoms with van der Waals surface area (Å²) >= 11 is 1.46. The molecule has 0 aliphatic heterocycles. The maximum absolute atomic E-state index is 12.1. The van der Waals surface area contributed by atoms with Gasteiger partial charge in [-0.2, -0.15) is 0 Å². The Labute approximate surface area is 128 Å². The molecule has 21 heavy (non-hydrogen) atoms. The molecule has 1 amide bonds. The van der Waals surface area contributed by atoms with E-state index in [-0.39, 0.29) is 5.91 Å². The van der Waals surface area contributed by atoms with E-state index in [1.165, 1.54) is 11.3 Å². The van der Waals surface area contributed by atoms with E-state index in [9.17, 15) is 4.79 Å². The van der Waals surface area contributed by atoms with Gasteiger partial charge in [0.25, 0.3) is 5.91 Å². The first-order valence-electron chi connectivity index (χ1n) is 6.85. The van der Waals surface area contributed by atoms with Crippen LogP contribution in [0.15, 0.2) is 29.6 Å². The number of amides is 1. The zero-order valence-corrected chi connectivity index (χ0v) is 12.8. The number of hydrogen-bond donors (Lipinski definition) is 2. The Balaban J connectivity index is 2.01. The molecule has 0 saturated heterocycles. The molecule has 0 aliphatic carbocycles. The average Bonchev–Trinajstić information content (AvgIpc) is 2.95. The first kappa shape index (κ1) is 15.6. The van der Waals surface area contributed by atoms with Gasteiger partial charge in [0.1, 0.15) is 5.69 Å². The van der Waals surface area contributed by atoms with Crippen LogP contribution in [0.4, 0.5) is 5.69 Å². The van der Waals surface area contributed by atoms with Crippen LogP contribution in [0.5, 0.6) is 0 Å². The Morgan fingerprint density at radius 2 is 2.33 bits per heavy atom. The summed E-state index contributed by atoms with van der Waals surface area (Å²) in [4.78, 5) is 16.4. The molecule has 0 atom stereocenters. The van der Waals surface area contributed by atoms with Crippen LogP contribution >= 0.6 is 11.3 Å². The normalized spacial score (nSPS) is 10.6. The molecule has 112 valence electrons. The van der Waals surface area contributed by atoms with Gasteiger partial charge in [0.2, 0.25) is 0 Å². The summed E-state index contributed by atoms with van der Waals surface area (Å²) in [5.74, 6) is -0.205. The van der Waals surface area contributed by atoms with Crippen molar-refractivity contribution in [3.8, 4) is 0 Å². The topological polar surface area (TPSA) is 77.2 Å². The Kier molecular flexibility index (Phi) is 5.86. The summed E-state index contributed by atoms with van der Waals surface area (Å²) in [6, 6.07) is 7.61. The summed E-state index contributed by atoms with van der Waals surface area (Å²) < 4.78 is 5.36. The summed E-state index contributed by atoms with van der Waals surface area (Å²) in [5.41, 5.74) is 7.68. The number of carbonyl (C=O) groups excluding carboxylic acids is 1. The third-order valence-electron chi connectivity index (χ3n) is 2.80. The molecule has 2 aromatic rings. The lowest BCUT2D eigenvalue weighted by molar-refractivity contribution is 0.102. The van der Waals surface area contributed by atoms with Crippen LogP contribution in [0.1, 0.15) is 28.0 Å². The molecule has 0 spiro atoms. The van der Waals surface area contributed by atoms with Gasteiger partial charge < -0.3 is 15.8 Å². The van der Waals surface area contributed by atoms with Gasteiger partial charge in [-0.25, -0.2) is 4.98 Å². The minimum atomic E-state index is -0.205. The van der Waals surface area contributed by atoms with Gasteiger partial charge in [-0.1, -0.05) is 12.1 Å². The van der Waals surface area contributed by atoms with Crippen LogP contribution in [0, 0.1) is 0 Å². The molecular weight excluding hydrogens is 286 g/mol. The third kappa shape index (κ3) is 4.63. The minimum Gasteiger partial charge on any atom is -0.377 e. The monoisotopic (exact) mass is 305 g/mol. The number of anilines is 1. The molecule has 1 aromatic carbocycles. The van der Waals surface area contributed by atoms with Crippen molar-refractivity contribution in [2.45, 2.75) is 20.0 Å². The van der Waals surface area contributed by atoms with Crippen molar-refractivity contribution in [2.24, 2.45) is 5.73 Å². The van der Waals surface area contributed by atoms with Gasteiger partial charge in [-0.3, -0.25) is 4.79 Å². The second kappa shape index (κ2) is 7.87. The number of nitrogens with one attached hydrogen (secondary N) is 1. The number of hydrogen-bond acceptors (Lipinski definition) is 5. The molecule has 3 N–H and O–H groups in total. The fourth-order valence-corrected chi connectivity index (χ4v) is 2.60. The summed E-state index contributed by atoms with van der Waals surface area (Å²) in [5, 5.41) is 5.49. The maximum Gasteiger partial charge on any atom is 0.275 e. The predicted molar refractivity (Wildman–Crippen MR) is 84.6 cm³/mol. The molecule has 0 saturated carbocycles. The zero-order valence-electron chi connectivity index (χ0n) is 12.0. The molecule has 6 heteroatoms. The standard InChI is InChI=1S/C15H19N3O2S/c1-2-20-9-11-4-3-5-12(8-11)17-15(19)13-10-21-14(18-13)6-7-16/h3-5,8,10H,2,6-7,9,16H2,1H3,(H,17,19). The van der Waals surface area contributed by atoms with Crippen molar-refractivity contribution >= 4 is 22.9 Å². The number of rotatable bonds is 7. The van der Waals surface area contributed by atoms with Crippen molar-refractivity contribution in [3.63, 3.8) is 0 Å². The number of nitrogens with two attached hydrogens (primary N) is 1. The second-order valence-electron chi connectivity index (χ2n) is 4.46. The largest absolute Gasteiger partial charge is 0.377 e. The van der Waals surface area contributed by atoms with Crippen LogP contribution in [0.2, 0.25) is 0 Å². The number of benzene rings is 1. The molecular formula is C15H19N3O2S. The van der Waals surface area contributed by atoms with Crippen LogP contribution < -0.4 is 11.1 Å². The van der Waals surface area contributed by atoms with Gasteiger partial charge in [0, 0.05) is 24.1 Å². The number of nitrogens with zero attached hydrogens (tertiary/aromatic N) is 1. The highest BCUT2D eigenvalue weighted by molar-refractivity contribution is 7.09. The van der Waals surface area contributed by atoms with E-state index in [2.05, 4.69) is 10.3 Å². The van der Waals surface area contributed by atoms with Gasteiger partial charge in [0.15, 0.2) is 0 Å². The fraction of sp³-hybridized carbons (Fsp3) is 0.333. The Hall–Kier alpha value is -1.76. The lowest BCUT2D eigenvalue weighted by Crippen LogP contribution is -2.13. The first-order chi connectivity index (χ1) is 10.2. The molecule has 2 rings (SSSR count). The molecule has 0 unspecified atom stereocenters. The number of ether oxygens (including phenoxy) is 1. The van der Waals surface area contributed by atoms with E-state index < -0.39 is 0 Å². The van der Waals surface area contributed by atoms with Crippen molar-refractivity contribution in [2.75, 3.05) is 18.5 Å². The molecule has 5 nitrogen and oxygen atoms in total. The van der Waals surface area contributed by atoms with Crippen molar-refractivity contribution in [1.82, 2.24) is 4.98 Å². The maximum atomic E-state index is 12.1. The predicted octanol–water partition coefficient (Wildman–Crippen LogP) is 2.43. The van der Waals surface area contributed by atoms with Crippen molar-refractivity contribution in [3.05, 3.63) is 45.9 Å². The lowest BCUT2D eigenvalue weighted by Gasteiger charge is -2.06. The van der Waals surface area contributed by atoms with E-state index in [0.717, 1.165) is 16.3 Å². The lowest BCUT2D eigenvalue weighted by atomic mass is 10.2. The SMILES string of the molecule is CCOCc1cccc(NC(=O)c2csc(CCN)n2)c1. The summed E-state index contributed by atoms with van der Waals surface area (Å²) in [6.07, 6.45) is 0.696. The molecule has 1 heterocycles. The highest BCUT2D eigenvalue weighted by Crippen LogP contribution is 2.15. The van der Waals surface area contributed by atoms with Crippen LogP contribution in [-0.4, -0.2) is 24.0 Å². The molecule has 0 aliphatic rings. The Morgan fingerprint density at radius 3 is 3.10 bits per heavy atom. The quantitative estimate of drug-likeness (QED) is 0.823. The second-order valence-corrected chi connectivity index (χ2v) is 5.40. The van der Waals surface area contributed by atoms with E-state index in [4.69, 9.17) is 10.5 Å². The summed E-state index contributed by atoms with van der Waals surface area (Å²) in [7, 11) is 0. The van der Waals surface area contributed by atoms with Gasteiger partial charge >= 0.3 is 0 Å². The highest BCUT2D eigenvalue weighted by Gasteiger charge is 2.11. The number of aromatic nitrogens is 1. The van der Waals surface area contributed by atoms with Gasteiger partial charge in [-0.15, -0.1) is 11.3 Å². The third-order valence-corrected chi connectivity index (χ3v) is 3.71. The van der Waals surface area contributed by atoms with Gasteiger partial charge in [0.05, 0.1) is 11.6 Å². The Morgan fingerprint density at radius 1 is 1.48 bits per heavy atom. The van der Waals surface area contributed by atoms with E-state index in [0.29, 0.717) is 31.9 Å². The number of thiazole rings is 1. The van der Waals surface area contributed by atoms with E-state index in [1.54, 1.807) is 5.38 Å². The van der Waals surface area contributed by atoms with Crippen LogP contribution in [-0.2, 0) is 17.8 Å². The fourth-order valence-electron chi connectivity index (χ4n) is 1.81. The zero-order chi connectivity index (χ0) is 15.1. The number of carbonyl (C=O) groups is 1. The minimum absolute atomic E-state index is 0.205. The molecule has 1 aromatic heterocycles. The van der Waals surface area contributed by atoms with Crippen LogP contribution in [0.3, 0.4) is 0 Å². The summed E-state index contributed by atoms with van der Waals surface area (Å²) in [6.45, 7) is 3.69. The van der Waals surface area contributed by atoms with Gasteiger partial charge in [-0.05, 0) is 31.2 Å². The smallest absolute Gasteiger partial charge is 0.275 e. The van der Waals surface area contributed by atoms with Crippen molar-refractivity contribution in [1.29, 1.82) is 0 Å².